The molecule has 0 aliphatic carbocycles. The highest BCUT2D eigenvalue weighted by Crippen LogP contribution is 2.42. The number of amides is 1. The molecule has 9 nitrogen and oxygen atoms in total. The first-order chi connectivity index (χ1) is 16.4. The standard InChI is InChI=1S/C24H31N3O6S/c1-4-33-24(28)25-12-14-26(15-13-25)34(29,30)27-11-10-19-16-21(31-2)22(32-3)17-20(19)23(27)18-8-6-5-7-9-18/h5-9,16-17,23H,4,10-15H2,1-3H3. The fourth-order valence-electron chi connectivity index (χ4n) is 4.62. The molecule has 4 rings (SSSR count). The van der Waals surface area contributed by atoms with Gasteiger partial charge in [-0.05, 0) is 42.2 Å². The van der Waals surface area contributed by atoms with Gasteiger partial charge in [0.05, 0.1) is 26.9 Å². The third kappa shape index (κ3) is 4.57. The van der Waals surface area contributed by atoms with E-state index in [0.717, 1.165) is 16.7 Å². The van der Waals surface area contributed by atoms with Gasteiger partial charge >= 0.3 is 6.09 Å². The number of benzene rings is 2. The minimum atomic E-state index is -3.81. The summed E-state index contributed by atoms with van der Waals surface area (Å²) in [6.07, 6.45) is 0.149. The fourth-order valence-corrected chi connectivity index (χ4v) is 6.36. The van der Waals surface area contributed by atoms with E-state index in [9.17, 15) is 13.2 Å². The maximum absolute atomic E-state index is 13.9. The topological polar surface area (TPSA) is 88.6 Å². The van der Waals surface area contributed by atoms with Crippen molar-refractivity contribution in [2.45, 2.75) is 19.4 Å². The average molecular weight is 490 g/mol. The Kier molecular flexibility index (Phi) is 7.30. The quantitative estimate of drug-likeness (QED) is 0.620. The molecule has 0 aromatic heterocycles. The zero-order valence-corrected chi connectivity index (χ0v) is 20.6. The van der Waals surface area contributed by atoms with Crippen molar-refractivity contribution in [2.75, 3.05) is 53.6 Å². The van der Waals surface area contributed by atoms with Crippen LogP contribution in [0.4, 0.5) is 4.79 Å². The summed E-state index contributed by atoms with van der Waals surface area (Å²) >= 11 is 0. The van der Waals surface area contributed by atoms with Gasteiger partial charge < -0.3 is 19.1 Å². The van der Waals surface area contributed by atoms with Crippen molar-refractivity contribution in [3.8, 4) is 11.5 Å². The Morgan fingerprint density at radius 2 is 1.62 bits per heavy atom. The second-order valence-electron chi connectivity index (χ2n) is 8.17. The lowest BCUT2D eigenvalue weighted by molar-refractivity contribution is 0.0921. The minimum absolute atomic E-state index is 0.220. The Bertz CT molecular complexity index is 1120. The summed E-state index contributed by atoms with van der Waals surface area (Å²) in [7, 11) is -0.643. The van der Waals surface area contributed by atoms with E-state index in [-0.39, 0.29) is 19.7 Å². The summed E-state index contributed by atoms with van der Waals surface area (Å²) in [5, 5.41) is 0. The number of carbonyl (C=O) groups excluding carboxylic acids is 1. The van der Waals surface area contributed by atoms with Crippen LogP contribution in [0.2, 0.25) is 0 Å². The van der Waals surface area contributed by atoms with E-state index in [1.807, 2.05) is 42.5 Å². The summed E-state index contributed by atoms with van der Waals surface area (Å²) in [4.78, 5) is 13.6. The number of fused-ring (bicyclic) bond motifs is 1. The van der Waals surface area contributed by atoms with E-state index in [2.05, 4.69) is 0 Å². The molecule has 10 heteroatoms. The molecular weight excluding hydrogens is 458 g/mol. The molecule has 1 atom stereocenters. The van der Waals surface area contributed by atoms with Crippen LogP contribution in [0, 0.1) is 0 Å². The fraction of sp³-hybridized carbons (Fsp3) is 0.458. The van der Waals surface area contributed by atoms with Gasteiger partial charge in [-0.25, -0.2) is 4.79 Å². The second-order valence-corrected chi connectivity index (χ2v) is 10.1. The highest BCUT2D eigenvalue weighted by Gasteiger charge is 2.41. The van der Waals surface area contributed by atoms with Crippen molar-refractivity contribution in [3.63, 3.8) is 0 Å². The number of rotatable bonds is 6. The van der Waals surface area contributed by atoms with Crippen molar-refractivity contribution in [1.29, 1.82) is 0 Å². The number of carbonyl (C=O) groups is 1. The van der Waals surface area contributed by atoms with Crippen LogP contribution in [-0.4, -0.2) is 81.6 Å². The molecule has 0 spiro atoms. The Balaban J connectivity index is 1.68. The number of piperazine rings is 1. The average Bonchev–Trinajstić information content (AvgIpc) is 2.87. The van der Waals surface area contributed by atoms with Crippen LogP contribution < -0.4 is 9.47 Å². The number of hydrogen-bond donors (Lipinski definition) is 0. The predicted octanol–water partition coefficient (Wildman–Crippen LogP) is 2.67. The van der Waals surface area contributed by atoms with Gasteiger partial charge in [-0.2, -0.15) is 17.0 Å². The lowest BCUT2D eigenvalue weighted by atomic mass is 9.89. The van der Waals surface area contributed by atoms with Crippen molar-refractivity contribution in [2.24, 2.45) is 0 Å². The molecule has 2 aliphatic heterocycles. The first kappa shape index (κ1) is 24.3. The SMILES string of the molecule is CCOC(=O)N1CCN(S(=O)(=O)N2CCc3cc(OC)c(OC)cc3C2c2ccccc2)CC1. The van der Waals surface area contributed by atoms with Gasteiger partial charge in [0.1, 0.15) is 0 Å². The van der Waals surface area contributed by atoms with Crippen LogP contribution >= 0.6 is 0 Å². The van der Waals surface area contributed by atoms with Gasteiger partial charge in [-0.15, -0.1) is 0 Å². The first-order valence-corrected chi connectivity index (χ1v) is 12.8. The van der Waals surface area contributed by atoms with Crippen LogP contribution in [0.15, 0.2) is 42.5 Å². The molecular formula is C24H31N3O6S. The van der Waals surface area contributed by atoms with Gasteiger partial charge in [0, 0.05) is 32.7 Å². The van der Waals surface area contributed by atoms with Crippen LogP contribution in [0.1, 0.15) is 29.7 Å². The van der Waals surface area contributed by atoms with E-state index >= 15 is 0 Å². The van der Waals surface area contributed by atoms with Gasteiger partial charge in [0.25, 0.3) is 10.2 Å². The minimum Gasteiger partial charge on any atom is -0.493 e. The van der Waals surface area contributed by atoms with E-state index in [1.165, 1.54) is 4.31 Å². The first-order valence-electron chi connectivity index (χ1n) is 11.4. The normalized spacial score (nSPS) is 19.4. The Morgan fingerprint density at radius 1 is 0.971 bits per heavy atom. The largest absolute Gasteiger partial charge is 0.493 e. The van der Waals surface area contributed by atoms with Crippen LogP contribution in [-0.2, 0) is 21.4 Å². The summed E-state index contributed by atoms with van der Waals surface area (Å²) in [6.45, 7) is 3.41. The molecule has 1 unspecified atom stereocenters. The smallest absolute Gasteiger partial charge is 0.409 e. The van der Waals surface area contributed by atoms with Crippen molar-refractivity contribution >= 4 is 16.3 Å². The van der Waals surface area contributed by atoms with E-state index in [0.29, 0.717) is 37.6 Å². The molecule has 0 saturated carbocycles. The van der Waals surface area contributed by atoms with Crippen LogP contribution in [0.3, 0.4) is 0 Å². The lowest BCUT2D eigenvalue weighted by Gasteiger charge is -2.41. The number of ether oxygens (including phenoxy) is 3. The Labute approximate surface area is 201 Å². The molecule has 1 amide bonds. The zero-order chi connectivity index (χ0) is 24.3. The third-order valence-corrected chi connectivity index (χ3v) is 8.34. The maximum atomic E-state index is 13.9. The highest BCUT2D eigenvalue weighted by molar-refractivity contribution is 7.86. The molecule has 2 heterocycles. The second kappa shape index (κ2) is 10.2. The van der Waals surface area contributed by atoms with E-state index < -0.39 is 22.3 Å². The van der Waals surface area contributed by atoms with E-state index in [1.54, 1.807) is 30.3 Å². The Morgan fingerprint density at radius 3 is 2.24 bits per heavy atom. The maximum Gasteiger partial charge on any atom is 0.409 e. The molecule has 2 aromatic rings. The molecule has 2 aromatic carbocycles. The van der Waals surface area contributed by atoms with Crippen molar-refractivity contribution in [1.82, 2.24) is 13.5 Å². The third-order valence-electron chi connectivity index (χ3n) is 6.33. The lowest BCUT2D eigenvalue weighted by Crippen LogP contribution is -2.55. The number of nitrogens with zero attached hydrogens (tertiary/aromatic N) is 3. The summed E-state index contributed by atoms with van der Waals surface area (Å²) in [6, 6.07) is 12.9. The van der Waals surface area contributed by atoms with Crippen molar-refractivity contribution < 1.29 is 27.4 Å². The summed E-state index contributed by atoms with van der Waals surface area (Å²) in [5.41, 5.74) is 2.79. The van der Waals surface area contributed by atoms with E-state index in [4.69, 9.17) is 14.2 Å². The highest BCUT2D eigenvalue weighted by atomic mass is 32.2. The molecule has 2 aliphatic rings. The molecule has 0 N–H and O–H groups in total. The summed E-state index contributed by atoms with van der Waals surface area (Å²) in [5.74, 6) is 1.18. The molecule has 1 fully saturated rings. The molecule has 0 radical (unpaired) electrons. The molecule has 1 saturated heterocycles. The van der Waals surface area contributed by atoms with Crippen molar-refractivity contribution in [3.05, 3.63) is 59.2 Å². The predicted molar refractivity (Wildman–Crippen MR) is 127 cm³/mol. The van der Waals surface area contributed by atoms with Gasteiger partial charge in [0.2, 0.25) is 0 Å². The number of hydrogen-bond acceptors (Lipinski definition) is 6. The Hall–Kier alpha value is -2.82. The number of methoxy groups -OCH3 is 2. The van der Waals surface area contributed by atoms with Gasteiger partial charge in [-0.1, -0.05) is 30.3 Å². The summed E-state index contributed by atoms with van der Waals surface area (Å²) < 4.78 is 46.8. The molecule has 184 valence electrons. The van der Waals surface area contributed by atoms with Crippen LogP contribution in [0.5, 0.6) is 11.5 Å². The van der Waals surface area contributed by atoms with Crippen LogP contribution in [0.25, 0.3) is 0 Å². The van der Waals surface area contributed by atoms with Gasteiger partial charge in [-0.3, -0.25) is 0 Å². The zero-order valence-electron chi connectivity index (χ0n) is 19.8. The van der Waals surface area contributed by atoms with Gasteiger partial charge in [0.15, 0.2) is 11.5 Å². The monoisotopic (exact) mass is 489 g/mol. The molecule has 0 bridgehead atoms. The molecule has 34 heavy (non-hydrogen) atoms.